The van der Waals surface area contributed by atoms with Crippen LogP contribution in [0.2, 0.25) is 0 Å². The monoisotopic (exact) mass is 631 g/mol. The second kappa shape index (κ2) is 13.9. The fourth-order valence-corrected chi connectivity index (χ4v) is 9.06. The van der Waals surface area contributed by atoms with E-state index < -0.39 is 27.5 Å². The Kier molecular flexibility index (Phi) is 10.3. The maximum absolute atomic E-state index is 15.3. The van der Waals surface area contributed by atoms with Crippen LogP contribution in [0.1, 0.15) is 0 Å². The van der Waals surface area contributed by atoms with Gasteiger partial charge in [0, 0.05) is 39.1 Å². The molecule has 0 aromatic heterocycles. The number of halogens is 2. The molecule has 0 unspecified atom stereocenters. The summed E-state index contributed by atoms with van der Waals surface area (Å²) in [4.78, 5) is 2.13. The first-order valence-corrected chi connectivity index (χ1v) is 15.2. The summed E-state index contributed by atoms with van der Waals surface area (Å²) in [6.45, 7) is 0. The molecule has 1 nitrogen and oxygen atoms in total. The Morgan fingerprint density at radius 1 is 0.474 bits per heavy atom. The van der Waals surface area contributed by atoms with E-state index in [0.29, 0.717) is 18.3 Å². The van der Waals surface area contributed by atoms with Gasteiger partial charge in [-0.25, -0.2) is 8.78 Å². The van der Waals surface area contributed by atoms with Crippen LogP contribution in [0.5, 0.6) is 0 Å². The number of hydrogen-bond acceptors (Lipinski definition) is 1. The molecule has 0 saturated carbocycles. The zero-order chi connectivity index (χ0) is 25.5. The van der Waals surface area contributed by atoms with E-state index in [1.54, 1.807) is 6.07 Å². The molecule has 0 heterocycles. The molecule has 0 saturated heterocycles. The number of nitrogens with zero attached hydrogens (tertiary/aromatic N) is 1. The van der Waals surface area contributed by atoms with Crippen molar-refractivity contribution in [2.45, 2.75) is 0 Å². The Morgan fingerprint density at radius 2 is 0.816 bits per heavy atom. The molecule has 0 spiro atoms. The van der Waals surface area contributed by atoms with Crippen molar-refractivity contribution in [1.82, 2.24) is 0 Å². The van der Waals surface area contributed by atoms with Crippen LogP contribution in [0.4, 0.5) is 14.5 Å². The molecule has 5 aromatic rings. The molecule has 0 aliphatic rings. The van der Waals surface area contributed by atoms with Gasteiger partial charge in [0.15, 0.2) is 0 Å². The summed E-state index contributed by atoms with van der Waals surface area (Å²) in [6, 6.07) is 45.6. The van der Waals surface area contributed by atoms with Crippen LogP contribution in [0.15, 0.2) is 140 Å². The zero-order valence-electron chi connectivity index (χ0n) is 20.6. The SMILES string of the molecule is Fc1ccc(N(CP(c2ccccc2)c2ccccc2)CP(c2ccccc2)c2ccccc2)c(F)c1.[Pd]. The van der Waals surface area contributed by atoms with Gasteiger partial charge in [-0.15, -0.1) is 0 Å². The first-order valence-electron chi connectivity index (χ1n) is 12.1. The van der Waals surface area contributed by atoms with E-state index in [2.05, 4.69) is 102 Å². The third kappa shape index (κ3) is 7.02. The van der Waals surface area contributed by atoms with Crippen molar-refractivity contribution < 1.29 is 29.2 Å². The van der Waals surface area contributed by atoms with Gasteiger partial charge >= 0.3 is 0 Å². The standard InChI is InChI=1S/C32H27F2NP2.Pd/c33-26-21-22-32(31(34)23-26)35(24-36(27-13-5-1-6-14-27)28-15-7-2-8-16-28)25-37(29-17-9-3-10-18-29)30-19-11-4-12-20-30;/h1-23H,24-25H2;. The predicted molar refractivity (Wildman–Crippen MR) is 157 cm³/mol. The smallest absolute Gasteiger partial charge is 0.149 e. The summed E-state index contributed by atoms with van der Waals surface area (Å²) in [5.41, 5.74) is 0.431. The van der Waals surface area contributed by atoms with E-state index >= 15 is 4.39 Å². The molecule has 194 valence electrons. The average molecular weight is 632 g/mol. The minimum Gasteiger partial charge on any atom is -0.360 e. The molecule has 5 aromatic carbocycles. The van der Waals surface area contributed by atoms with Crippen molar-refractivity contribution >= 4 is 42.7 Å². The zero-order valence-corrected chi connectivity index (χ0v) is 24.0. The van der Waals surface area contributed by atoms with E-state index in [4.69, 9.17) is 0 Å². The molecule has 0 radical (unpaired) electrons. The van der Waals surface area contributed by atoms with Gasteiger partial charge in [-0.3, -0.25) is 0 Å². The van der Waals surface area contributed by atoms with E-state index in [0.717, 1.165) is 6.07 Å². The molecule has 5 rings (SSSR count). The fourth-order valence-electron chi connectivity index (χ4n) is 4.33. The van der Waals surface area contributed by atoms with Crippen molar-refractivity contribution in [2.24, 2.45) is 0 Å². The summed E-state index contributed by atoms with van der Waals surface area (Å²) >= 11 is 0. The number of hydrogen-bond donors (Lipinski definition) is 0. The maximum Gasteiger partial charge on any atom is 0.149 e. The summed E-state index contributed by atoms with van der Waals surface area (Å²) in [5.74, 6) is -1.10. The van der Waals surface area contributed by atoms with Gasteiger partial charge in [0.25, 0.3) is 0 Å². The largest absolute Gasteiger partial charge is 0.360 e. The Morgan fingerprint density at radius 3 is 1.13 bits per heavy atom. The van der Waals surface area contributed by atoms with Gasteiger partial charge in [0.05, 0.1) is 5.69 Å². The summed E-state index contributed by atoms with van der Waals surface area (Å²) < 4.78 is 29.3. The molecule has 0 fully saturated rings. The quantitative estimate of drug-likeness (QED) is 0.126. The fraction of sp³-hybridized carbons (Fsp3) is 0.0625. The van der Waals surface area contributed by atoms with Crippen molar-refractivity contribution in [3.8, 4) is 0 Å². The van der Waals surface area contributed by atoms with E-state index in [1.807, 2.05) is 24.3 Å². The second-order valence-corrected chi connectivity index (χ2v) is 13.0. The van der Waals surface area contributed by atoms with Crippen LogP contribution >= 0.6 is 15.8 Å². The maximum atomic E-state index is 15.3. The summed E-state index contributed by atoms with van der Waals surface area (Å²) in [5, 5.41) is 4.89. The third-order valence-corrected chi connectivity index (χ3v) is 11.1. The van der Waals surface area contributed by atoms with Crippen LogP contribution < -0.4 is 26.1 Å². The molecule has 0 bridgehead atoms. The van der Waals surface area contributed by atoms with Gasteiger partial charge < -0.3 is 4.90 Å². The minimum atomic E-state index is -0.826. The predicted octanol–water partition coefficient (Wildman–Crippen LogP) is 6.95. The molecular weight excluding hydrogens is 605 g/mol. The Labute approximate surface area is 239 Å². The third-order valence-electron chi connectivity index (χ3n) is 6.15. The second-order valence-electron chi connectivity index (χ2n) is 8.62. The van der Waals surface area contributed by atoms with Gasteiger partial charge in [-0.2, -0.15) is 0 Å². The van der Waals surface area contributed by atoms with Gasteiger partial charge in [-0.1, -0.05) is 121 Å². The van der Waals surface area contributed by atoms with Crippen LogP contribution in [0.3, 0.4) is 0 Å². The minimum absolute atomic E-state index is 0. The molecule has 38 heavy (non-hydrogen) atoms. The van der Waals surface area contributed by atoms with Crippen LogP contribution in [-0.2, 0) is 20.4 Å². The van der Waals surface area contributed by atoms with Crippen LogP contribution in [0.25, 0.3) is 0 Å². The molecule has 6 heteroatoms. The topological polar surface area (TPSA) is 3.24 Å². The Balaban J connectivity index is 0.00000336. The number of benzene rings is 5. The van der Waals surface area contributed by atoms with Crippen molar-refractivity contribution in [3.63, 3.8) is 0 Å². The van der Waals surface area contributed by atoms with E-state index in [1.165, 1.54) is 27.3 Å². The first-order chi connectivity index (χ1) is 18.2. The molecule has 0 N–H and O–H groups in total. The summed E-state index contributed by atoms with van der Waals surface area (Å²) in [7, 11) is -1.65. The molecule has 0 atom stereocenters. The molecule has 0 aliphatic heterocycles. The normalized spacial score (nSPS) is 10.8. The van der Waals surface area contributed by atoms with Gasteiger partial charge in [0.2, 0.25) is 0 Å². The molecule has 0 amide bonds. The van der Waals surface area contributed by atoms with Gasteiger partial charge in [0.1, 0.15) is 11.6 Å². The Hall–Kier alpha value is -2.72. The summed E-state index contributed by atoms with van der Waals surface area (Å²) in [6.07, 6.45) is 1.23. The van der Waals surface area contributed by atoms with Gasteiger partial charge in [-0.05, 0) is 49.2 Å². The first kappa shape index (κ1) is 28.3. The molecule has 0 aliphatic carbocycles. The van der Waals surface area contributed by atoms with E-state index in [-0.39, 0.29) is 20.4 Å². The van der Waals surface area contributed by atoms with Crippen LogP contribution in [-0.4, -0.2) is 12.6 Å². The Bertz CT molecular complexity index is 1240. The number of rotatable bonds is 9. The van der Waals surface area contributed by atoms with E-state index in [9.17, 15) is 4.39 Å². The van der Waals surface area contributed by atoms with Crippen molar-refractivity contribution in [3.05, 3.63) is 151 Å². The number of anilines is 1. The van der Waals surface area contributed by atoms with Crippen molar-refractivity contribution in [2.75, 3.05) is 17.5 Å². The van der Waals surface area contributed by atoms with Crippen molar-refractivity contribution in [1.29, 1.82) is 0 Å². The average Bonchev–Trinajstić information content (AvgIpc) is 2.95. The molecular formula is C32H27F2NP2Pd. The van der Waals surface area contributed by atoms with Crippen LogP contribution in [0, 0.1) is 11.6 Å².